The lowest BCUT2D eigenvalue weighted by Crippen LogP contribution is -2.36. The first-order valence-corrected chi connectivity index (χ1v) is 12.0. The molecule has 3 rings (SSSR count). The van der Waals surface area contributed by atoms with Crippen LogP contribution >= 0.6 is 0 Å². The van der Waals surface area contributed by atoms with E-state index >= 15 is 0 Å². The minimum atomic E-state index is -3.51. The number of amides is 1. The number of benzene rings is 2. The number of carbonyl (C=O) groups is 1. The standard InChI is InChI=1S/C23H29FN2O3S/c1-17(19-10-12-20(24)13-11-19)25-23(27)16-9-18-7-14-22(15-8-18)30(28,29)26-21-5-3-2-4-6-21/h7-8,10-15,17,21,26H,2-6,9,16H2,1H3,(H,25,27). The number of hydrogen-bond acceptors (Lipinski definition) is 3. The van der Waals surface area contributed by atoms with Gasteiger partial charge in [0.05, 0.1) is 10.9 Å². The molecule has 30 heavy (non-hydrogen) atoms. The van der Waals surface area contributed by atoms with Crippen LogP contribution in [0.4, 0.5) is 4.39 Å². The molecular formula is C23H29FN2O3S. The van der Waals surface area contributed by atoms with Gasteiger partial charge in [-0.1, -0.05) is 43.5 Å². The Morgan fingerprint density at radius 2 is 1.67 bits per heavy atom. The SMILES string of the molecule is CC(NC(=O)CCc1ccc(S(=O)(=O)NC2CCCCC2)cc1)c1ccc(F)cc1. The van der Waals surface area contributed by atoms with Gasteiger partial charge in [0.1, 0.15) is 5.82 Å². The molecular weight excluding hydrogens is 403 g/mol. The molecule has 1 fully saturated rings. The monoisotopic (exact) mass is 432 g/mol. The molecule has 0 radical (unpaired) electrons. The molecule has 5 nitrogen and oxygen atoms in total. The summed E-state index contributed by atoms with van der Waals surface area (Å²) in [6.45, 7) is 1.85. The van der Waals surface area contributed by atoms with E-state index in [0.29, 0.717) is 6.42 Å². The Hall–Kier alpha value is -2.25. The number of hydrogen-bond donors (Lipinski definition) is 2. The molecule has 2 aromatic rings. The number of rotatable bonds is 8. The fourth-order valence-electron chi connectivity index (χ4n) is 3.75. The summed E-state index contributed by atoms with van der Waals surface area (Å²) in [6.07, 6.45) is 5.88. The predicted molar refractivity (Wildman–Crippen MR) is 115 cm³/mol. The molecule has 1 saturated carbocycles. The number of halogens is 1. The third-order valence-corrected chi connectivity index (χ3v) is 7.09. The van der Waals surface area contributed by atoms with E-state index in [1.807, 2.05) is 6.92 Å². The van der Waals surface area contributed by atoms with Crippen molar-refractivity contribution in [2.45, 2.75) is 68.8 Å². The highest BCUT2D eigenvalue weighted by Crippen LogP contribution is 2.20. The zero-order chi connectivity index (χ0) is 21.6. The van der Waals surface area contributed by atoms with Gasteiger partial charge in [-0.25, -0.2) is 17.5 Å². The topological polar surface area (TPSA) is 75.3 Å². The molecule has 0 spiro atoms. The largest absolute Gasteiger partial charge is 0.350 e. The van der Waals surface area contributed by atoms with Gasteiger partial charge in [0.25, 0.3) is 0 Å². The van der Waals surface area contributed by atoms with Crippen LogP contribution in [0.1, 0.15) is 62.6 Å². The second kappa shape index (κ2) is 10.2. The number of aryl methyl sites for hydroxylation is 1. The maximum Gasteiger partial charge on any atom is 0.240 e. The minimum Gasteiger partial charge on any atom is -0.350 e. The van der Waals surface area contributed by atoms with Crippen molar-refractivity contribution in [3.8, 4) is 0 Å². The molecule has 0 aliphatic heterocycles. The van der Waals surface area contributed by atoms with E-state index in [0.717, 1.165) is 36.8 Å². The minimum absolute atomic E-state index is 0.0234. The molecule has 162 valence electrons. The fraction of sp³-hybridized carbons (Fsp3) is 0.435. The van der Waals surface area contributed by atoms with Crippen molar-refractivity contribution < 1.29 is 17.6 Å². The summed E-state index contributed by atoms with van der Waals surface area (Å²) in [5.41, 5.74) is 1.74. The van der Waals surface area contributed by atoms with Crippen molar-refractivity contribution in [2.75, 3.05) is 0 Å². The zero-order valence-corrected chi connectivity index (χ0v) is 18.1. The smallest absolute Gasteiger partial charge is 0.240 e. The van der Waals surface area contributed by atoms with Crippen molar-refractivity contribution in [1.29, 1.82) is 0 Å². The van der Waals surface area contributed by atoms with E-state index in [9.17, 15) is 17.6 Å². The highest BCUT2D eigenvalue weighted by molar-refractivity contribution is 7.89. The van der Waals surface area contributed by atoms with E-state index in [1.165, 1.54) is 18.6 Å². The first kappa shape index (κ1) is 22.4. The van der Waals surface area contributed by atoms with Crippen molar-refractivity contribution in [1.82, 2.24) is 10.0 Å². The van der Waals surface area contributed by atoms with Crippen LogP contribution in [-0.2, 0) is 21.2 Å². The third-order valence-electron chi connectivity index (χ3n) is 5.55. The van der Waals surface area contributed by atoms with Crippen molar-refractivity contribution in [3.05, 3.63) is 65.5 Å². The molecule has 1 unspecified atom stereocenters. The maximum atomic E-state index is 13.0. The van der Waals surface area contributed by atoms with E-state index in [-0.39, 0.29) is 35.1 Å². The summed E-state index contributed by atoms with van der Waals surface area (Å²) < 4.78 is 40.9. The highest BCUT2D eigenvalue weighted by atomic mass is 32.2. The van der Waals surface area contributed by atoms with Gasteiger partial charge >= 0.3 is 0 Å². The predicted octanol–water partition coefficient (Wildman–Crippen LogP) is 4.25. The molecule has 0 bridgehead atoms. The second-order valence-electron chi connectivity index (χ2n) is 7.94. The van der Waals surface area contributed by atoms with Gasteiger partial charge in [-0.2, -0.15) is 0 Å². The molecule has 0 heterocycles. The molecule has 1 atom stereocenters. The Morgan fingerprint density at radius 3 is 2.30 bits per heavy atom. The van der Waals surface area contributed by atoms with Gasteiger partial charge in [0.15, 0.2) is 0 Å². The Morgan fingerprint density at radius 1 is 1.03 bits per heavy atom. The summed E-state index contributed by atoms with van der Waals surface area (Å²) in [6, 6.07) is 12.6. The molecule has 1 aliphatic rings. The average molecular weight is 433 g/mol. The van der Waals surface area contributed by atoms with Gasteiger partial charge in [-0.15, -0.1) is 0 Å². The molecule has 1 aliphatic carbocycles. The molecule has 0 saturated heterocycles. The number of nitrogens with one attached hydrogen (secondary N) is 2. The van der Waals surface area contributed by atoms with Crippen molar-refractivity contribution >= 4 is 15.9 Å². The molecule has 7 heteroatoms. The molecule has 0 aromatic heterocycles. The lowest BCUT2D eigenvalue weighted by atomic mass is 9.96. The average Bonchev–Trinajstić information content (AvgIpc) is 2.73. The summed E-state index contributed by atoms with van der Waals surface area (Å²) in [7, 11) is -3.51. The van der Waals surface area contributed by atoms with Crippen LogP contribution in [0.5, 0.6) is 0 Å². The summed E-state index contributed by atoms with van der Waals surface area (Å²) in [4.78, 5) is 12.5. The first-order valence-electron chi connectivity index (χ1n) is 10.5. The van der Waals surface area contributed by atoms with Gasteiger partial charge < -0.3 is 5.32 Å². The molecule has 2 N–H and O–H groups in total. The fourth-order valence-corrected chi connectivity index (χ4v) is 5.05. The van der Waals surface area contributed by atoms with Crippen LogP contribution in [0, 0.1) is 5.82 Å². The van der Waals surface area contributed by atoms with E-state index < -0.39 is 10.0 Å². The highest BCUT2D eigenvalue weighted by Gasteiger charge is 2.21. The van der Waals surface area contributed by atoms with Gasteiger partial charge in [0, 0.05) is 12.5 Å². The van der Waals surface area contributed by atoms with Crippen LogP contribution in [0.15, 0.2) is 53.4 Å². The normalized spacial score (nSPS) is 16.2. The van der Waals surface area contributed by atoms with Crippen LogP contribution < -0.4 is 10.0 Å². The summed E-state index contributed by atoms with van der Waals surface area (Å²) >= 11 is 0. The van der Waals surface area contributed by atoms with Crippen LogP contribution in [0.2, 0.25) is 0 Å². The lowest BCUT2D eigenvalue weighted by molar-refractivity contribution is -0.121. The van der Waals surface area contributed by atoms with E-state index in [2.05, 4.69) is 10.0 Å². The van der Waals surface area contributed by atoms with E-state index in [1.54, 1.807) is 36.4 Å². The van der Waals surface area contributed by atoms with Crippen LogP contribution in [0.25, 0.3) is 0 Å². The van der Waals surface area contributed by atoms with E-state index in [4.69, 9.17) is 0 Å². The lowest BCUT2D eigenvalue weighted by Gasteiger charge is -2.22. The maximum absolute atomic E-state index is 13.0. The van der Waals surface area contributed by atoms with Crippen molar-refractivity contribution in [2.24, 2.45) is 0 Å². The van der Waals surface area contributed by atoms with Gasteiger partial charge in [-0.05, 0) is 61.6 Å². The third kappa shape index (κ3) is 6.37. The zero-order valence-electron chi connectivity index (χ0n) is 17.2. The summed E-state index contributed by atoms with van der Waals surface area (Å²) in [5, 5.41) is 2.90. The van der Waals surface area contributed by atoms with Gasteiger partial charge in [0.2, 0.25) is 15.9 Å². The molecule has 2 aromatic carbocycles. The number of sulfonamides is 1. The van der Waals surface area contributed by atoms with Crippen LogP contribution in [0.3, 0.4) is 0 Å². The Balaban J connectivity index is 1.50. The van der Waals surface area contributed by atoms with Crippen LogP contribution in [-0.4, -0.2) is 20.4 Å². The Bertz CT molecular complexity index is 937. The number of carbonyl (C=O) groups excluding carboxylic acids is 1. The molecule has 1 amide bonds. The Labute approximate surface area is 178 Å². The van der Waals surface area contributed by atoms with Crippen molar-refractivity contribution in [3.63, 3.8) is 0 Å². The first-order chi connectivity index (χ1) is 14.3. The summed E-state index contributed by atoms with van der Waals surface area (Å²) in [5.74, 6) is -0.417. The second-order valence-corrected chi connectivity index (χ2v) is 9.65. The van der Waals surface area contributed by atoms with Gasteiger partial charge in [-0.3, -0.25) is 4.79 Å². The quantitative estimate of drug-likeness (QED) is 0.655. The Kier molecular flexibility index (Phi) is 7.61.